The van der Waals surface area contributed by atoms with E-state index in [1.807, 2.05) is 43.1 Å². The van der Waals surface area contributed by atoms with Crippen LogP contribution in [0, 0.1) is 12.8 Å². The largest absolute Gasteiger partial charge is 0.497 e. The van der Waals surface area contributed by atoms with Crippen LogP contribution in [0.3, 0.4) is 0 Å². The van der Waals surface area contributed by atoms with E-state index in [2.05, 4.69) is 17.0 Å². The summed E-state index contributed by atoms with van der Waals surface area (Å²) in [7, 11) is 3.57. The van der Waals surface area contributed by atoms with Gasteiger partial charge in [0, 0.05) is 50.2 Å². The van der Waals surface area contributed by atoms with Gasteiger partial charge in [-0.25, -0.2) is 0 Å². The first-order valence-electron chi connectivity index (χ1n) is 13.8. The Hall–Kier alpha value is -3.06. The van der Waals surface area contributed by atoms with E-state index in [1.165, 1.54) is 19.8 Å². The number of methoxy groups -OCH3 is 1. The van der Waals surface area contributed by atoms with Crippen molar-refractivity contribution in [2.24, 2.45) is 5.92 Å². The molecule has 0 N–H and O–H groups in total. The van der Waals surface area contributed by atoms with Crippen LogP contribution in [0.15, 0.2) is 47.1 Å². The second-order valence-corrected chi connectivity index (χ2v) is 11.4. The van der Waals surface area contributed by atoms with Gasteiger partial charge in [0.15, 0.2) is 0 Å². The Morgan fingerprint density at radius 2 is 2.03 bits per heavy atom. The number of carbonyl (C=O) groups is 2. The fraction of sp³-hybridized carbons (Fsp3) is 0.548. The van der Waals surface area contributed by atoms with Crippen LogP contribution in [0.25, 0.3) is 6.08 Å². The Morgan fingerprint density at radius 3 is 2.71 bits per heavy atom. The fourth-order valence-electron chi connectivity index (χ4n) is 6.76. The Balaban J connectivity index is 1.48. The van der Waals surface area contributed by atoms with Gasteiger partial charge in [-0.1, -0.05) is 12.1 Å². The Labute approximate surface area is 225 Å². The maximum atomic E-state index is 13.3. The summed E-state index contributed by atoms with van der Waals surface area (Å²) in [6.45, 7) is 6.15. The summed E-state index contributed by atoms with van der Waals surface area (Å²) in [5.74, 6) is 2.06. The molecule has 1 aromatic heterocycles. The van der Waals surface area contributed by atoms with E-state index in [4.69, 9.17) is 13.9 Å². The van der Waals surface area contributed by atoms with Crippen LogP contribution in [-0.2, 0) is 19.7 Å². The quantitative estimate of drug-likeness (QED) is 0.361. The minimum Gasteiger partial charge on any atom is -0.497 e. The highest BCUT2D eigenvalue weighted by Crippen LogP contribution is 2.55. The molecule has 7 heteroatoms. The van der Waals surface area contributed by atoms with Gasteiger partial charge in [-0.15, -0.1) is 0 Å². The van der Waals surface area contributed by atoms with E-state index in [0.717, 1.165) is 67.5 Å². The second kappa shape index (κ2) is 10.6. The number of aryl methyl sites for hydroxylation is 1. The lowest BCUT2D eigenvalue weighted by Crippen LogP contribution is -2.68. The molecule has 1 aromatic carbocycles. The van der Waals surface area contributed by atoms with Crippen molar-refractivity contribution in [3.63, 3.8) is 0 Å². The highest BCUT2D eigenvalue weighted by Gasteiger charge is 2.61. The van der Waals surface area contributed by atoms with Crippen molar-refractivity contribution in [3.05, 3.63) is 59.6 Å². The lowest BCUT2D eigenvalue weighted by atomic mass is 9.55. The topological polar surface area (TPSA) is 72.2 Å². The minimum absolute atomic E-state index is 0.0162. The van der Waals surface area contributed by atoms with Crippen molar-refractivity contribution in [1.82, 2.24) is 9.80 Å². The number of fused-ring (bicyclic) bond motifs is 1. The van der Waals surface area contributed by atoms with Gasteiger partial charge in [-0.3, -0.25) is 14.5 Å². The van der Waals surface area contributed by atoms with E-state index in [9.17, 15) is 9.59 Å². The van der Waals surface area contributed by atoms with Crippen LogP contribution in [0.1, 0.15) is 62.3 Å². The summed E-state index contributed by atoms with van der Waals surface area (Å²) < 4.78 is 17.4. The van der Waals surface area contributed by atoms with Gasteiger partial charge < -0.3 is 18.8 Å². The molecule has 1 saturated heterocycles. The average molecular weight is 521 g/mol. The van der Waals surface area contributed by atoms with Gasteiger partial charge >= 0.3 is 5.97 Å². The maximum Gasteiger partial charge on any atom is 0.303 e. The third kappa shape index (κ3) is 5.13. The number of amides is 1. The lowest BCUT2D eigenvalue weighted by molar-refractivity contribution is -0.190. The first kappa shape index (κ1) is 26.5. The number of furan rings is 1. The molecule has 0 radical (unpaired) electrons. The molecule has 204 valence electrons. The number of rotatable bonds is 8. The summed E-state index contributed by atoms with van der Waals surface area (Å²) >= 11 is 0. The molecule has 3 fully saturated rings. The van der Waals surface area contributed by atoms with Crippen LogP contribution in [0.5, 0.6) is 5.75 Å². The molecule has 3 aliphatic rings. The number of hydrogen-bond acceptors (Lipinski definition) is 6. The lowest BCUT2D eigenvalue weighted by Gasteiger charge is -2.60. The molecule has 0 unspecified atom stereocenters. The SMILES string of the molecule is COc1cccc([C@@]23CCN(CC4CC4)C[C@@]2(OC(C)=O)CC[C@H](N(C)C(=O)/C=C/c2ccoc2C)C3)c1. The molecule has 38 heavy (non-hydrogen) atoms. The number of benzene rings is 1. The minimum atomic E-state index is -0.650. The van der Waals surface area contributed by atoms with Crippen LogP contribution in [0.4, 0.5) is 0 Å². The number of carbonyl (C=O) groups excluding carboxylic acids is 2. The van der Waals surface area contributed by atoms with Crippen molar-refractivity contribution in [2.45, 2.75) is 69.4 Å². The van der Waals surface area contributed by atoms with E-state index in [-0.39, 0.29) is 17.9 Å². The van der Waals surface area contributed by atoms with Crippen LogP contribution in [-0.4, -0.2) is 67.1 Å². The molecular weight excluding hydrogens is 480 g/mol. The molecule has 3 atom stereocenters. The predicted molar refractivity (Wildman–Crippen MR) is 146 cm³/mol. The zero-order valence-electron chi connectivity index (χ0n) is 23.1. The third-order valence-electron chi connectivity index (χ3n) is 9.05. The molecular formula is C31H40N2O5. The van der Waals surface area contributed by atoms with Gasteiger partial charge in [0.25, 0.3) is 0 Å². The maximum absolute atomic E-state index is 13.3. The van der Waals surface area contributed by atoms with Crippen molar-refractivity contribution in [1.29, 1.82) is 0 Å². The van der Waals surface area contributed by atoms with E-state index in [0.29, 0.717) is 6.42 Å². The highest BCUT2D eigenvalue weighted by molar-refractivity contribution is 5.92. The van der Waals surface area contributed by atoms with Gasteiger partial charge in [0.1, 0.15) is 17.1 Å². The van der Waals surface area contributed by atoms with Crippen molar-refractivity contribution >= 4 is 18.0 Å². The molecule has 2 aliphatic carbocycles. The molecule has 2 heterocycles. The highest BCUT2D eigenvalue weighted by atomic mass is 16.6. The van der Waals surface area contributed by atoms with Crippen LogP contribution >= 0.6 is 0 Å². The van der Waals surface area contributed by atoms with Gasteiger partial charge in [-0.05, 0) is 87.7 Å². The first-order valence-corrected chi connectivity index (χ1v) is 13.8. The number of likely N-dealkylation sites (N-methyl/N-ethyl adjacent to an activating group) is 1. The number of ether oxygens (including phenoxy) is 2. The smallest absolute Gasteiger partial charge is 0.303 e. The summed E-state index contributed by atoms with van der Waals surface area (Å²) in [6, 6.07) is 10.1. The molecule has 0 spiro atoms. The second-order valence-electron chi connectivity index (χ2n) is 11.4. The Bertz CT molecular complexity index is 1200. The van der Waals surface area contributed by atoms with Crippen molar-refractivity contribution < 1.29 is 23.5 Å². The summed E-state index contributed by atoms with van der Waals surface area (Å²) in [5.41, 5.74) is 0.956. The first-order chi connectivity index (χ1) is 18.2. The molecule has 1 amide bonds. The molecule has 2 aromatic rings. The zero-order valence-corrected chi connectivity index (χ0v) is 23.1. The Kier molecular flexibility index (Phi) is 7.40. The monoisotopic (exact) mass is 520 g/mol. The third-order valence-corrected chi connectivity index (χ3v) is 9.05. The normalized spacial score (nSPS) is 27.6. The summed E-state index contributed by atoms with van der Waals surface area (Å²) in [4.78, 5) is 30.3. The standard InChI is InChI=1S/C31H40N2O5/c1-22-25(13-17-37-22)10-11-29(35)32(3)27-12-14-31(38-23(2)34)21-33(20-24-8-9-24)16-15-30(31,19-27)26-6-5-7-28(18-26)36-4/h5-7,10-11,13,17-18,24,27H,8-9,12,14-16,19-21H2,1-4H3/b11-10+/t27-,30-,31-/m0/s1. The molecule has 0 bridgehead atoms. The number of hydrogen-bond donors (Lipinski definition) is 0. The van der Waals surface area contributed by atoms with Crippen LogP contribution in [0.2, 0.25) is 0 Å². The van der Waals surface area contributed by atoms with Crippen molar-refractivity contribution in [2.75, 3.05) is 33.8 Å². The average Bonchev–Trinajstić information content (AvgIpc) is 3.63. The fourth-order valence-corrected chi connectivity index (χ4v) is 6.76. The van der Waals surface area contributed by atoms with Gasteiger partial charge in [-0.2, -0.15) is 0 Å². The van der Waals surface area contributed by atoms with Crippen LogP contribution < -0.4 is 4.74 Å². The number of likely N-dealkylation sites (tertiary alicyclic amines) is 1. The molecule has 2 saturated carbocycles. The summed E-state index contributed by atoms with van der Waals surface area (Å²) in [5, 5.41) is 0. The number of nitrogens with zero attached hydrogens (tertiary/aromatic N) is 2. The summed E-state index contributed by atoms with van der Waals surface area (Å²) in [6.07, 6.45) is 10.7. The van der Waals surface area contributed by atoms with Gasteiger partial charge in [0.2, 0.25) is 5.91 Å². The predicted octanol–water partition coefficient (Wildman–Crippen LogP) is 4.98. The number of esters is 1. The molecule has 5 rings (SSSR count). The van der Waals surface area contributed by atoms with Gasteiger partial charge in [0.05, 0.1) is 13.4 Å². The number of piperidine rings is 1. The zero-order chi connectivity index (χ0) is 26.9. The van der Waals surface area contributed by atoms with Crippen molar-refractivity contribution in [3.8, 4) is 5.75 Å². The van der Waals surface area contributed by atoms with E-state index < -0.39 is 11.0 Å². The molecule has 1 aliphatic heterocycles. The Morgan fingerprint density at radius 1 is 1.21 bits per heavy atom. The van der Waals surface area contributed by atoms with E-state index in [1.54, 1.807) is 19.4 Å². The van der Waals surface area contributed by atoms with E-state index >= 15 is 0 Å². The molecule has 7 nitrogen and oxygen atoms in total.